The van der Waals surface area contributed by atoms with Crippen molar-refractivity contribution in [3.63, 3.8) is 0 Å². The summed E-state index contributed by atoms with van der Waals surface area (Å²) in [7, 11) is 0. The van der Waals surface area contributed by atoms with Crippen LogP contribution in [0.3, 0.4) is 0 Å². The molecule has 2 unspecified atom stereocenters. The summed E-state index contributed by atoms with van der Waals surface area (Å²) in [5, 5.41) is 3.27. The van der Waals surface area contributed by atoms with Gasteiger partial charge in [0.05, 0.1) is 0 Å². The van der Waals surface area contributed by atoms with E-state index in [-0.39, 0.29) is 5.92 Å². The van der Waals surface area contributed by atoms with E-state index in [1.54, 1.807) is 6.92 Å². The van der Waals surface area contributed by atoms with Crippen LogP contribution in [0.25, 0.3) is 0 Å². The van der Waals surface area contributed by atoms with Gasteiger partial charge in [-0.2, -0.15) is 0 Å². The molecule has 0 spiro atoms. The fraction of sp³-hybridized carbons (Fsp3) is 1.00. The van der Waals surface area contributed by atoms with Gasteiger partial charge in [0.15, 0.2) is 0 Å². The van der Waals surface area contributed by atoms with E-state index in [2.05, 4.69) is 19.2 Å². The van der Waals surface area contributed by atoms with Crippen LogP contribution in [0, 0.1) is 11.8 Å². The highest BCUT2D eigenvalue weighted by Gasteiger charge is 2.35. The number of alkyl halides is 1. The zero-order chi connectivity index (χ0) is 9.90. The highest BCUT2D eigenvalue weighted by Crippen LogP contribution is 2.33. The van der Waals surface area contributed by atoms with Gasteiger partial charge in [0, 0.05) is 12.5 Å². The third kappa shape index (κ3) is 3.26. The van der Waals surface area contributed by atoms with Gasteiger partial charge < -0.3 is 5.32 Å². The summed E-state index contributed by atoms with van der Waals surface area (Å²) >= 11 is 0. The lowest BCUT2D eigenvalue weighted by Gasteiger charge is -2.34. The minimum atomic E-state index is -0.971. The van der Waals surface area contributed by atoms with Crippen molar-refractivity contribution in [1.29, 1.82) is 0 Å². The Balaban J connectivity index is 2.45. The summed E-state index contributed by atoms with van der Waals surface area (Å²) in [6, 6.07) is 0. The Morgan fingerprint density at radius 1 is 1.54 bits per heavy atom. The highest BCUT2D eigenvalue weighted by molar-refractivity contribution is 4.87. The summed E-state index contributed by atoms with van der Waals surface area (Å²) in [5.74, 6) is 0.681. The molecular weight excluding hydrogens is 165 g/mol. The Labute approximate surface area is 81.1 Å². The quantitative estimate of drug-likeness (QED) is 0.716. The zero-order valence-electron chi connectivity index (χ0n) is 9.07. The smallest absolute Gasteiger partial charge is 0.112 e. The van der Waals surface area contributed by atoms with Crippen LogP contribution < -0.4 is 5.32 Å². The molecule has 0 aromatic heterocycles. The Morgan fingerprint density at radius 3 is 2.69 bits per heavy atom. The van der Waals surface area contributed by atoms with E-state index in [1.165, 1.54) is 0 Å². The predicted octanol–water partition coefficient (Wildman–Crippen LogP) is 2.76. The first-order valence-electron chi connectivity index (χ1n) is 5.42. The monoisotopic (exact) mass is 187 g/mol. The fourth-order valence-corrected chi connectivity index (χ4v) is 2.33. The average molecular weight is 187 g/mol. The van der Waals surface area contributed by atoms with E-state index in [1.807, 2.05) is 0 Å². The molecule has 0 aliphatic carbocycles. The molecule has 1 heterocycles. The van der Waals surface area contributed by atoms with Crippen molar-refractivity contribution >= 4 is 0 Å². The summed E-state index contributed by atoms with van der Waals surface area (Å²) < 4.78 is 14.2. The lowest BCUT2D eigenvalue weighted by Crippen LogP contribution is -2.42. The largest absolute Gasteiger partial charge is 0.316 e. The molecule has 1 rings (SSSR count). The number of halogens is 1. The van der Waals surface area contributed by atoms with E-state index in [9.17, 15) is 4.39 Å². The van der Waals surface area contributed by atoms with Gasteiger partial charge in [0.2, 0.25) is 0 Å². The van der Waals surface area contributed by atoms with Crippen LogP contribution in [0.1, 0.15) is 40.0 Å². The lowest BCUT2D eigenvalue weighted by molar-refractivity contribution is 0.0607. The Hall–Kier alpha value is -0.110. The fourth-order valence-electron chi connectivity index (χ4n) is 2.33. The molecule has 2 atom stereocenters. The SMILES string of the molecule is CC(C)CC(C)(F)C1CCCNC1. The molecule has 2 heteroatoms. The van der Waals surface area contributed by atoms with E-state index in [0.717, 1.165) is 25.9 Å². The van der Waals surface area contributed by atoms with E-state index in [4.69, 9.17) is 0 Å². The van der Waals surface area contributed by atoms with Gasteiger partial charge >= 0.3 is 0 Å². The van der Waals surface area contributed by atoms with Gasteiger partial charge in [0.25, 0.3) is 0 Å². The molecule has 1 saturated heterocycles. The van der Waals surface area contributed by atoms with Gasteiger partial charge in [-0.3, -0.25) is 0 Å². The van der Waals surface area contributed by atoms with Gasteiger partial charge in [0.1, 0.15) is 5.67 Å². The molecule has 13 heavy (non-hydrogen) atoms. The maximum absolute atomic E-state index is 14.2. The topological polar surface area (TPSA) is 12.0 Å². The molecule has 0 bridgehead atoms. The zero-order valence-corrected chi connectivity index (χ0v) is 9.07. The minimum Gasteiger partial charge on any atom is -0.316 e. The van der Waals surface area contributed by atoms with Gasteiger partial charge in [-0.05, 0) is 38.6 Å². The normalized spacial score (nSPS) is 28.8. The highest BCUT2D eigenvalue weighted by atomic mass is 19.1. The van der Waals surface area contributed by atoms with Crippen molar-refractivity contribution in [2.24, 2.45) is 11.8 Å². The lowest BCUT2D eigenvalue weighted by atomic mass is 9.80. The van der Waals surface area contributed by atoms with Crippen LogP contribution in [-0.4, -0.2) is 18.8 Å². The molecule has 0 saturated carbocycles. The maximum Gasteiger partial charge on any atom is 0.112 e. The predicted molar refractivity (Wildman–Crippen MR) is 54.6 cm³/mol. The third-order valence-corrected chi connectivity index (χ3v) is 2.96. The molecule has 1 aliphatic heterocycles. The van der Waals surface area contributed by atoms with Crippen LogP contribution in [0.5, 0.6) is 0 Å². The number of nitrogens with one attached hydrogen (secondary N) is 1. The van der Waals surface area contributed by atoms with E-state index < -0.39 is 5.67 Å². The second-order valence-corrected chi connectivity index (χ2v) is 4.92. The second-order valence-electron chi connectivity index (χ2n) is 4.92. The Morgan fingerprint density at radius 2 is 2.23 bits per heavy atom. The standard InChI is InChI=1S/C11H22FN/c1-9(2)7-11(3,12)10-5-4-6-13-8-10/h9-10,13H,4-8H2,1-3H3. The molecule has 1 nitrogen and oxygen atoms in total. The minimum absolute atomic E-state index is 0.226. The summed E-state index contributed by atoms with van der Waals surface area (Å²) in [6.07, 6.45) is 2.87. The summed E-state index contributed by atoms with van der Waals surface area (Å²) in [5.41, 5.74) is -0.971. The number of piperidine rings is 1. The Bertz CT molecular complexity index is 148. The molecule has 0 radical (unpaired) electrons. The average Bonchev–Trinajstić information content (AvgIpc) is 2.04. The molecule has 0 amide bonds. The van der Waals surface area contributed by atoms with Gasteiger partial charge in [-0.1, -0.05) is 13.8 Å². The first-order chi connectivity index (χ1) is 6.02. The van der Waals surface area contributed by atoms with Gasteiger partial charge in [-0.25, -0.2) is 4.39 Å². The molecular formula is C11H22FN. The molecule has 78 valence electrons. The summed E-state index contributed by atoms with van der Waals surface area (Å²) in [6.45, 7) is 7.88. The van der Waals surface area contributed by atoms with Crippen LogP contribution >= 0.6 is 0 Å². The van der Waals surface area contributed by atoms with Crippen molar-refractivity contribution in [1.82, 2.24) is 5.32 Å². The molecule has 1 N–H and O–H groups in total. The van der Waals surface area contributed by atoms with Crippen LogP contribution in [0.15, 0.2) is 0 Å². The van der Waals surface area contributed by atoms with Crippen molar-refractivity contribution < 1.29 is 4.39 Å². The van der Waals surface area contributed by atoms with Crippen molar-refractivity contribution in [2.75, 3.05) is 13.1 Å². The summed E-state index contributed by atoms with van der Waals surface area (Å²) in [4.78, 5) is 0. The molecule has 0 aromatic rings. The molecule has 1 fully saturated rings. The van der Waals surface area contributed by atoms with E-state index >= 15 is 0 Å². The third-order valence-electron chi connectivity index (χ3n) is 2.96. The number of hydrogen-bond donors (Lipinski definition) is 1. The van der Waals surface area contributed by atoms with Crippen LogP contribution in [0.4, 0.5) is 4.39 Å². The first-order valence-corrected chi connectivity index (χ1v) is 5.42. The van der Waals surface area contributed by atoms with Crippen molar-refractivity contribution in [3.05, 3.63) is 0 Å². The Kier molecular flexibility index (Phi) is 3.72. The number of rotatable bonds is 3. The van der Waals surface area contributed by atoms with Crippen LogP contribution in [-0.2, 0) is 0 Å². The van der Waals surface area contributed by atoms with Crippen LogP contribution in [0.2, 0.25) is 0 Å². The number of hydrogen-bond acceptors (Lipinski definition) is 1. The van der Waals surface area contributed by atoms with Gasteiger partial charge in [-0.15, -0.1) is 0 Å². The molecule has 0 aromatic carbocycles. The van der Waals surface area contributed by atoms with Crippen molar-refractivity contribution in [3.8, 4) is 0 Å². The maximum atomic E-state index is 14.2. The molecule has 1 aliphatic rings. The second kappa shape index (κ2) is 4.41. The van der Waals surface area contributed by atoms with Crippen molar-refractivity contribution in [2.45, 2.75) is 45.7 Å². The van der Waals surface area contributed by atoms with E-state index in [0.29, 0.717) is 12.3 Å². The first kappa shape index (κ1) is 11.0.